The molecular formula is C11H12N4O2S. The Kier molecular flexibility index (Phi) is 4.30. The van der Waals surface area contributed by atoms with Crippen molar-refractivity contribution in [2.24, 2.45) is 0 Å². The normalized spacial score (nSPS) is 10.3. The van der Waals surface area contributed by atoms with Crippen LogP contribution < -0.4 is 0 Å². The van der Waals surface area contributed by atoms with E-state index in [1.165, 1.54) is 11.8 Å². The molecule has 2 aromatic rings. The Hall–Kier alpha value is -1.89. The van der Waals surface area contributed by atoms with Crippen LogP contribution in [0.3, 0.4) is 0 Å². The van der Waals surface area contributed by atoms with Crippen molar-refractivity contribution in [3.05, 3.63) is 30.7 Å². The molecule has 0 saturated heterocycles. The molecule has 2 heterocycles. The predicted octanol–water partition coefficient (Wildman–Crippen LogP) is 1.32. The van der Waals surface area contributed by atoms with Gasteiger partial charge in [0.05, 0.1) is 12.4 Å². The molecule has 0 unspecified atom stereocenters. The molecule has 0 aliphatic carbocycles. The summed E-state index contributed by atoms with van der Waals surface area (Å²) in [5, 5.41) is 8.39. The lowest BCUT2D eigenvalue weighted by molar-refractivity contribution is -0.139. The third kappa shape index (κ3) is 3.07. The number of aromatic nitrogens is 4. The summed E-state index contributed by atoms with van der Waals surface area (Å²) in [6.45, 7) is 2.16. The van der Waals surface area contributed by atoms with Gasteiger partial charge in [-0.3, -0.25) is 9.36 Å². The third-order valence-electron chi connectivity index (χ3n) is 2.04. The van der Waals surface area contributed by atoms with E-state index in [4.69, 9.17) is 4.74 Å². The fourth-order valence-electron chi connectivity index (χ4n) is 1.30. The quantitative estimate of drug-likeness (QED) is 0.599. The van der Waals surface area contributed by atoms with Crippen molar-refractivity contribution in [3.8, 4) is 5.82 Å². The molecule has 18 heavy (non-hydrogen) atoms. The zero-order chi connectivity index (χ0) is 12.8. The Labute approximate surface area is 108 Å². The van der Waals surface area contributed by atoms with Gasteiger partial charge in [-0.05, 0) is 19.1 Å². The Bertz CT molecular complexity index is 515. The van der Waals surface area contributed by atoms with Crippen LogP contribution in [-0.2, 0) is 9.53 Å². The van der Waals surface area contributed by atoms with Gasteiger partial charge in [-0.2, -0.15) is 0 Å². The van der Waals surface area contributed by atoms with Crippen LogP contribution in [0.25, 0.3) is 5.82 Å². The first-order valence-electron chi connectivity index (χ1n) is 5.41. The maximum Gasteiger partial charge on any atom is 0.316 e. The average Bonchev–Trinajstić information content (AvgIpc) is 2.86. The minimum Gasteiger partial charge on any atom is -0.465 e. The molecule has 0 saturated carbocycles. The molecule has 6 nitrogen and oxygen atoms in total. The highest BCUT2D eigenvalue weighted by molar-refractivity contribution is 7.99. The Morgan fingerprint density at radius 2 is 2.39 bits per heavy atom. The minimum atomic E-state index is -0.266. The second-order valence-corrected chi connectivity index (χ2v) is 4.21. The van der Waals surface area contributed by atoms with Crippen molar-refractivity contribution >= 4 is 17.7 Å². The summed E-state index contributed by atoms with van der Waals surface area (Å²) in [7, 11) is 0. The molecule has 0 amide bonds. The number of hydrogen-bond acceptors (Lipinski definition) is 6. The predicted molar refractivity (Wildman–Crippen MR) is 66.5 cm³/mol. The molecule has 2 rings (SSSR count). The lowest BCUT2D eigenvalue weighted by Crippen LogP contribution is -2.07. The zero-order valence-corrected chi connectivity index (χ0v) is 10.6. The van der Waals surface area contributed by atoms with Crippen molar-refractivity contribution in [2.75, 3.05) is 12.4 Å². The van der Waals surface area contributed by atoms with E-state index in [0.717, 1.165) is 0 Å². The van der Waals surface area contributed by atoms with Gasteiger partial charge in [-0.25, -0.2) is 4.98 Å². The smallest absolute Gasteiger partial charge is 0.316 e. The monoisotopic (exact) mass is 264 g/mol. The maximum atomic E-state index is 11.3. The summed E-state index contributed by atoms with van der Waals surface area (Å²) in [5.41, 5.74) is 0. The van der Waals surface area contributed by atoms with Gasteiger partial charge < -0.3 is 4.74 Å². The van der Waals surface area contributed by atoms with E-state index >= 15 is 0 Å². The van der Waals surface area contributed by atoms with Crippen molar-refractivity contribution in [3.63, 3.8) is 0 Å². The largest absolute Gasteiger partial charge is 0.465 e. The minimum absolute atomic E-state index is 0.208. The second-order valence-electron chi connectivity index (χ2n) is 3.27. The molecule has 0 fully saturated rings. The van der Waals surface area contributed by atoms with Crippen LogP contribution in [0.1, 0.15) is 6.92 Å². The first kappa shape index (κ1) is 12.6. The molecule has 0 aliphatic heterocycles. The van der Waals surface area contributed by atoms with E-state index in [1.54, 1.807) is 24.0 Å². The lowest BCUT2D eigenvalue weighted by atomic mass is 10.5. The van der Waals surface area contributed by atoms with E-state index in [-0.39, 0.29) is 11.7 Å². The van der Waals surface area contributed by atoms with Crippen LogP contribution in [0.4, 0.5) is 0 Å². The lowest BCUT2D eigenvalue weighted by Gasteiger charge is -2.04. The fourth-order valence-corrected chi connectivity index (χ4v) is 2.02. The van der Waals surface area contributed by atoms with Crippen LogP contribution in [0.5, 0.6) is 0 Å². The van der Waals surface area contributed by atoms with E-state index in [9.17, 15) is 4.79 Å². The molecular weight excluding hydrogens is 252 g/mol. The molecule has 0 aliphatic rings. The molecule has 0 aromatic carbocycles. The first-order chi connectivity index (χ1) is 8.81. The summed E-state index contributed by atoms with van der Waals surface area (Å²) in [4.78, 5) is 15.5. The number of rotatable bonds is 5. The molecule has 0 spiro atoms. The Morgan fingerprint density at radius 3 is 3.11 bits per heavy atom. The number of hydrogen-bond donors (Lipinski definition) is 0. The second kappa shape index (κ2) is 6.15. The van der Waals surface area contributed by atoms with E-state index in [1.807, 2.05) is 18.2 Å². The molecule has 94 valence electrons. The summed E-state index contributed by atoms with van der Waals surface area (Å²) < 4.78 is 6.58. The SMILES string of the molecule is CCOC(=O)CSc1nncn1-c1ccccn1. The van der Waals surface area contributed by atoms with Crippen LogP contribution in [0.15, 0.2) is 35.9 Å². The number of carbonyl (C=O) groups excluding carboxylic acids is 1. The highest BCUT2D eigenvalue weighted by Gasteiger charge is 2.10. The summed E-state index contributed by atoms with van der Waals surface area (Å²) in [6, 6.07) is 5.55. The maximum absolute atomic E-state index is 11.3. The van der Waals surface area contributed by atoms with Gasteiger partial charge >= 0.3 is 5.97 Å². The van der Waals surface area contributed by atoms with Crippen molar-refractivity contribution < 1.29 is 9.53 Å². The standard InChI is InChI=1S/C11H12N4O2S/c1-2-17-10(16)7-18-11-14-13-8-15(11)9-5-3-4-6-12-9/h3-6,8H,2,7H2,1H3. The molecule has 0 bridgehead atoms. The van der Waals surface area contributed by atoms with E-state index in [0.29, 0.717) is 17.6 Å². The van der Waals surface area contributed by atoms with Crippen LogP contribution in [0, 0.1) is 0 Å². The highest BCUT2D eigenvalue weighted by Crippen LogP contribution is 2.17. The molecule has 0 N–H and O–H groups in total. The molecule has 7 heteroatoms. The van der Waals surface area contributed by atoms with Gasteiger partial charge in [0.15, 0.2) is 5.16 Å². The Morgan fingerprint density at radius 1 is 1.50 bits per heavy atom. The topological polar surface area (TPSA) is 69.9 Å². The summed E-state index contributed by atoms with van der Waals surface area (Å²) in [5.74, 6) is 0.659. The number of ether oxygens (including phenoxy) is 1. The van der Waals surface area contributed by atoms with Crippen molar-refractivity contribution in [2.45, 2.75) is 12.1 Å². The van der Waals surface area contributed by atoms with Crippen LogP contribution >= 0.6 is 11.8 Å². The van der Waals surface area contributed by atoms with Crippen molar-refractivity contribution in [1.82, 2.24) is 19.7 Å². The van der Waals surface area contributed by atoms with Gasteiger partial charge in [-0.1, -0.05) is 17.8 Å². The number of esters is 1. The van der Waals surface area contributed by atoms with E-state index < -0.39 is 0 Å². The zero-order valence-electron chi connectivity index (χ0n) is 9.81. The van der Waals surface area contributed by atoms with E-state index in [2.05, 4.69) is 15.2 Å². The Balaban J connectivity index is 2.07. The number of nitrogens with zero attached hydrogens (tertiary/aromatic N) is 4. The number of carbonyl (C=O) groups is 1. The summed E-state index contributed by atoms with van der Waals surface area (Å²) in [6.07, 6.45) is 3.25. The first-order valence-corrected chi connectivity index (χ1v) is 6.39. The van der Waals surface area contributed by atoms with Crippen molar-refractivity contribution in [1.29, 1.82) is 0 Å². The van der Waals surface area contributed by atoms with Gasteiger partial charge in [0.25, 0.3) is 0 Å². The van der Waals surface area contributed by atoms with Gasteiger partial charge in [0.1, 0.15) is 12.1 Å². The summed E-state index contributed by atoms with van der Waals surface area (Å²) >= 11 is 1.27. The molecule has 0 radical (unpaired) electrons. The van der Waals surface area contributed by atoms with Gasteiger partial charge in [0, 0.05) is 6.20 Å². The average molecular weight is 264 g/mol. The van der Waals surface area contributed by atoms with Gasteiger partial charge in [0.2, 0.25) is 0 Å². The molecule has 0 atom stereocenters. The number of pyridine rings is 1. The van der Waals surface area contributed by atoms with Crippen LogP contribution in [-0.4, -0.2) is 38.1 Å². The molecule has 2 aromatic heterocycles. The van der Waals surface area contributed by atoms with Crippen LogP contribution in [0.2, 0.25) is 0 Å². The fraction of sp³-hybridized carbons (Fsp3) is 0.273. The highest BCUT2D eigenvalue weighted by atomic mass is 32.2. The number of thioether (sulfide) groups is 1. The van der Waals surface area contributed by atoms with Gasteiger partial charge in [-0.15, -0.1) is 10.2 Å². The third-order valence-corrected chi connectivity index (χ3v) is 2.95.